The summed E-state index contributed by atoms with van der Waals surface area (Å²) in [6.45, 7) is 2.10. The molecule has 1 aliphatic rings. The third-order valence-electron chi connectivity index (χ3n) is 3.20. The minimum Gasteiger partial charge on any atom is -0.406 e. The molecule has 106 valence electrons. The molecule has 0 aliphatic carbocycles. The Morgan fingerprint density at radius 1 is 1.37 bits per heavy atom. The molecule has 19 heavy (non-hydrogen) atoms. The van der Waals surface area contributed by atoms with Crippen LogP contribution >= 0.6 is 11.8 Å². The van der Waals surface area contributed by atoms with Crippen LogP contribution in [0.1, 0.15) is 24.1 Å². The van der Waals surface area contributed by atoms with Gasteiger partial charge in [-0.25, -0.2) is 0 Å². The second kappa shape index (κ2) is 5.63. The van der Waals surface area contributed by atoms with Gasteiger partial charge < -0.3 is 10.1 Å². The van der Waals surface area contributed by atoms with Crippen LogP contribution in [0.5, 0.6) is 5.75 Å². The maximum atomic E-state index is 12.3. The van der Waals surface area contributed by atoms with Crippen LogP contribution in [0.3, 0.4) is 0 Å². The van der Waals surface area contributed by atoms with Gasteiger partial charge in [0, 0.05) is 11.8 Å². The topological polar surface area (TPSA) is 21.3 Å². The van der Waals surface area contributed by atoms with Crippen molar-refractivity contribution in [2.75, 3.05) is 12.8 Å². The van der Waals surface area contributed by atoms with E-state index in [1.165, 1.54) is 12.1 Å². The van der Waals surface area contributed by atoms with E-state index in [-0.39, 0.29) is 11.8 Å². The number of rotatable bonds is 2. The summed E-state index contributed by atoms with van der Waals surface area (Å²) in [5.41, 5.74) is 1.98. The van der Waals surface area contributed by atoms with Crippen LogP contribution in [0.4, 0.5) is 13.2 Å². The molecule has 0 bridgehead atoms. The Balaban J connectivity index is 2.35. The van der Waals surface area contributed by atoms with Gasteiger partial charge in [-0.1, -0.05) is 13.0 Å². The Bertz CT molecular complexity index is 450. The number of hydrogen-bond donors (Lipinski definition) is 1. The normalized spacial score (nSPS) is 23.6. The van der Waals surface area contributed by atoms with Crippen molar-refractivity contribution in [2.45, 2.75) is 25.1 Å². The molecule has 6 heteroatoms. The van der Waals surface area contributed by atoms with E-state index in [1.807, 2.05) is 7.05 Å². The van der Waals surface area contributed by atoms with Gasteiger partial charge in [-0.15, -0.1) is 13.2 Å². The molecule has 2 unspecified atom stereocenters. The van der Waals surface area contributed by atoms with Gasteiger partial charge in [-0.3, -0.25) is 0 Å². The average Bonchev–Trinajstić information content (AvgIpc) is 2.45. The van der Waals surface area contributed by atoms with Crippen LogP contribution < -0.4 is 10.1 Å². The minimum atomic E-state index is -4.64. The van der Waals surface area contributed by atoms with Crippen molar-refractivity contribution < 1.29 is 17.9 Å². The fraction of sp³-hybridized carbons (Fsp3) is 0.538. The van der Waals surface area contributed by atoms with Crippen molar-refractivity contribution in [3.8, 4) is 5.75 Å². The summed E-state index contributed by atoms with van der Waals surface area (Å²) >= 11 is 1.80. The van der Waals surface area contributed by atoms with Crippen molar-refractivity contribution in [3.63, 3.8) is 0 Å². The largest absolute Gasteiger partial charge is 0.573 e. The lowest BCUT2D eigenvalue weighted by Crippen LogP contribution is -2.25. The van der Waals surface area contributed by atoms with E-state index in [2.05, 4.69) is 17.0 Å². The molecule has 2 atom stereocenters. The molecule has 1 heterocycles. The quantitative estimate of drug-likeness (QED) is 0.897. The fourth-order valence-corrected chi connectivity index (χ4v) is 3.55. The number of thioether (sulfide) groups is 1. The molecule has 0 saturated carbocycles. The van der Waals surface area contributed by atoms with Gasteiger partial charge in [0.25, 0.3) is 0 Å². The lowest BCUT2D eigenvalue weighted by molar-refractivity contribution is -0.274. The van der Waals surface area contributed by atoms with Crippen LogP contribution in [-0.2, 0) is 5.75 Å². The number of fused-ring (bicyclic) bond motifs is 1. The highest BCUT2D eigenvalue weighted by atomic mass is 32.2. The van der Waals surface area contributed by atoms with Crippen LogP contribution in [-0.4, -0.2) is 19.2 Å². The number of hydrogen-bond acceptors (Lipinski definition) is 3. The Hall–Kier alpha value is -0.880. The van der Waals surface area contributed by atoms with Gasteiger partial charge in [-0.05, 0) is 42.0 Å². The van der Waals surface area contributed by atoms with E-state index in [0.29, 0.717) is 5.92 Å². The highest BCUT2D eigenvalue weighted by Gasteiger charge is 2.32. The van der Waals surface area contributed by atoms with Gasteiger partial charge in [0.2, 0.25) is 0 Å². The minimum absolute atomic E-state index is 0.0572. The van der Waals surface area contributed by atoms with Gasteiger partial charge in [0.15, 0.2) is 0 Å². The molecule has 2 nitrogen and oxygen atoms in total. The van der Waals surface area contributed by atoms with E-state index >= 15 is 0 Å². The number of halogens is 3. The zero-order valence-corrected chi connectivity index (χ0v) is 11.6. The highest BCUT2D eigenvalue weighted by Crippen LogP contribution is 2.36. The Morgan fingerprint density at radius 2 is 2.11 bits per heavy atom. The lowest BCUT2D eigenvalue weighted by Gasteiger charge is -2.23. The third kappa shape index (κ3) is 3.57. The predicted octanol–water partition coefficient (Wildman–Crippen LogP) is 3.73. The monoisotopic (exact) mass is 291 g/mol. The summed E-state index contributed by atoms with van der Waals surface area (Å²) in [4.78, 5) is 0. The second-order valence-corrected chi connectivity index (χ2v) is 5.70. The van der Waals surface area contributed by atoms with E-state index in [1.54, 1.807) is 17.8 Å². The first-order chi connectivity index (χ1) is 8.90. The first kappa shape index (κ1) is 14.5. The summed E-state index contributed by atoms with van der Waals surface area (Å²) < 4.78 is 40.8. The van der Waals surface area contributed by atoms with Gasteiger partial charge in [0.1, 0.15) is 5.75 Å². The molecular weight excluding hydrogens is 275 g/mol. The van der Waals surface area contributed by atoms with Crippen LogP contribution in [0.15, 0.2) is 18.2 Å². The van der Waals surface area contributed by atoms with E-state index in [0.717, 1.165) is 22.6 Å². The molecular formula is C13H16F3NOS. The highest BCUT2D eigenvalue weighted by molar-refractivity contribution is 7.98. The standard InChI is InChI=1S/C13H16F3NOS/c1-8-6-19-7-9-3-4-10(18-13(14,15)16)5-11(9)12(8)17-2/h3-5,8,12,17H,6-7H2,1-2H3. The molecule has 0 fully saturated rings. The third-order valence-corrected chi connectivity index (χ3v) is 4.48. The number of ether oxygens (including phenoxy) is 1. The predicted molar refractivity (Wildman–Crippen MR) is 70.3 cm³/mol. The van der Waals surface area contributed by atoms with Crippen molar-refractivity contribution in [1.82, 2.24) is 5.32 Å². The molecule has 1 aromatic carbocycles. The number of alkyl halides is 3. The Kier molecular flexibility index (Phi) is 4.30. The zero-order valence-electron chi connectivity index (χ0n) is 10.8. The summed E-state index contributed by atoms with van der Waals surface area (Å²) in [5.74, 6) is 2.02. The van der Waals surface area contributed by atoms with Gasteiger partial charge in [-0.2, -0.15) is 11.8 Å². The molecule has 0 spiro atoms. The molecule has 0 aromatic heterocycles. The summed E-state index contributed by atoms with van der Waals surface area (Å²) in [7, 11) is 1.83. The van der Waals surface area contributed by atoms with Crippen LogP contribution in [0.2, 0.25) is 0 Å². The second-order valence-electron chi connectivity index (χ2n) is 4.67. The summed E-state index contributed by atoms with van der Waals surface area (Å²) in [6.07, 6.45) is -4.64. The van der Waals surface area contributed by atoms with Crippen LogP contribution in [0, 0.1) is 5.92 Å². The Morgan fingerprint density at radius 3 is 2.74 bits per heavy atom. The van der Waals surface area contributed by atoms with E-state index in [9.17, 15) is 13.2 Å². The van der Waals surface area contributed by atoms with Crippen molar-refractivity contribution in [2.24, 2.45) is 5.92 Å². The number of nitrogens with one attached hydrogen (secondary N) is 1. The molecule has 1 aromatic rings. The van der Waals surface area contributed by atoms with E-state index < -0.39 is 6.36 Å². The fourth-order valence-electron chi connectivity index (χ4n) is 2.39. The van der Waals surface area contributed by atoms with Crippen LogP contribution in [0.25, 0.3) is 0 Å². The Labute approximate surface area is 114 Å². The maximum absolute atomic E-state index is 12.3. The molecule has 0 amide bonds. The van der Waals surface area contributed by atoms with Crippen molar-refractivity contribution >= 4 is 11.8 Å². The van der Waals surface area contributed by atoms with Gasteiger partial charge >= 0.3 is 6.36 Å². The zero-order chi connectivity index (χ0) is 14.0. The molecule has 0 saturated heterocycles. The molecule has 0 radical (unpaired) electrons. The maximum Gasteiger partial charge on any atom is 0.573 e. The van der Waals surface area contributed by atoms with E-state index in [4.69, 9.17) is 0 Å². The smallest absolute Gasteiger partial charge is 0.406 e. The van der Waals surface area contributed by atoms with Crippen molar-refractivity contribution in [3.05, 3.63) is 29.3 Å². The molecule has 1 aliphatic heterocycles. The summed E-state index contributed by atoms with van der Waals surface area (Å²) in [5, 5.41) is 3.19. The summed E-state index contributed by atoms with van der Waals surface area (Å²) in [6, 6.07) is 4.68. The first-order valence-electron chi connectivity index (χ1n) is 6.04. The molecule has 2 rings (SSSR count). The first-order valence-corrected chi connectivity index (χ1v) is 7.20. The van der Waals surface area contributed by atoms with Crippen molar-refractivity contribution in [1.29, 1.82) is 0 Å². The SMILES string of the molecule is CNC1c2cc(OC(F)(F)F)ccc2CSCC1C. The molecule has 1 N–H and O–H groups in total. The number of benzene rings is 1. The lowest BCUT2D eigenvalue weighted by atomic mass is 9.92. The average molecular weight is 291 g/mol. The van der Waals surface area contributed by atoms with Gasteiger partial charge in [0.05, 0.1) is 0 Å².